The molecule has 2 aliphatic heterocycles. The van der Waals surface area contributed by atoms with E-state index in [2.05, 4.69) is 10.6 Å². The molecule has 31 heavy (non-hydrogen) atoms. The van der Waals surface area contributed by atoms with Crippen LogP contribution in [-0.4, -0.2) is 68.0 Å². The molecule has 2 N–H and O–H groups in total. The Balaban J connectivity index is 1.51. The topological polar surface area (TPSA) is 122 Å². The highest BCUT2D eigenvalue weighted by Crippen LogP contribution is 2.36. The average Bonchev–Trinajstić information content (AvgIpc) is 2.73. The number of anilines is 1. The third-order valence-electron chi connectivity index (χ3n) is 5.22. The van der Waals surface area contributed by atoms with Crippen LogP contribution < -0.4 is 10.6 Å². The van der Waals surface area contributed by atoms with Crippen molar-refractivity contribution >= 4 is 45.2 Å². The Morgan fingerprint density at radius 1 is 1.29 bits per heavy atom. The molecule has 2 heterocycles. The van der Waals surface area contributed by atoms with Gasteiger partial charge >= 0.3 is 6.09 Å². The molecule has 9 nitrogen and oxygen atoms in total. The number of carbonyl (C=O) groups excluding carboxylic acids is 3. The standard InChI is InChI=1S/C20H27N3O6S2/c1-3-29-20(26)23-9-6-14(7-10-23)21-18(24)8-11-31(27,28)15-4-5-17-16(12-15)22-19(25)13(2)30-17/h4-5,12-14H,3,6-11H2,1-2H3,(H,21,24)(H,22,25). The van der Waals surface area contributed by atoms with Crippen LogP contribution in [0.3, 0.4) is 0 Å². The first-order chi connectivity index (χ1) is 14.7. The minimum absolute atomic E-state index is 0.0808. The first kappa shape index (κ1) is 23.4. The van der Waals surface area contributed by atoms with Gasteiger partial charge in [0, 0.05) is 30.4 Å². The Bertz CT molecular complexity index is 958. The van der Waals surface area contributed by atoms with Gasteiger partial charge in [-0.3, -0.25) is 9.59 Å². The highest BCUT2D eigenvalue weighted by atomic mass is 32.2. The molecular formula is C20H27N3O6S2. The molecule has 1 fully saturated rings. The van der Waals surface area contributed by atoms with Gasteiger partial charge in [0.15, 0.2) is 9.84 Å². The lowest BCUT2D eigenvalue weighted by molar-refractivity contribution is -0.121. The van der Waals surface area contributed by atoms with E-state index in [1.807, 2.05) is 0 Å². The highest BCUT2D eigenvalue weighted by molar-refractivity contribution is 8.01. The van der Waals surface area contributed by atoms with Gasteiger partial charge in [-0.15, -0.1) is 11.8 Å². The molecule has 1 aromatic carbocycles. The number of amides is 3. The number of carbonyl (C=O) groups is 3. The van der Waals surface area contributed by atoms with Gasteiger partial charge in [-0.2, -0.15) is 0 Å². The molecule has 1 saturated heterocycles. The molecule has 1 unspecified atom stereocenters. The first-order valence-electron chi connectivity index (χ1n) is 10.2. The molecule has 11 heteroatoms. The largest absolute Gasteiger partial charge is 0.450 e. The van der Waals surface area contributed by atoms with Crippen molar-refractivity contribution in [3.8, 4) is 0 Å². The maximum absolute atomic E-state index is 12.7. The SMILES string of the molecule is CCOC(=O)N1CCC(NC(=O)CCS(=O)(=O)c2ccc3c(c2)NC(=O)C(C)S3)CC1. The maximum Gasteiger partial charge on any atom is 0.409 e. The number of benzene rings is 1. The average molecular weight is 470 g/mol. The number of ether oxygens (including phenoxy) is 1. The number of likely N-dealkylation sites (tertiary alicyclic amines) is 1. The van der Waals surface area contributed by atoms with Crippen molar-refractivity contribution in [1.29, 1.82) is 0 Å². The molecule has 0 aromatic heterocycles. The van der Waals surface area contributed by atoms with E-state index >= 15 is 0 Å². The number of fused-ring (bicyclic) bond motifs is 1. The van der Waals surface area contributed by atoms with Gasteiger partial charge in [-0.1, -0.05) is 0 Å². The molecule has 0 aliphatic carbocycles. The first-order valence-corrected chi connectivity index (χ1v) is 12.8. The smallest absolute Gasteiger partial charge is 0.409 e. The zero-order valence-corrected chi connectivity index (χ0v) is 19.2. The van der Waals surface area contributed by atoms with E-state index in [4.69, 9.17) is 4.74 Å². The van der Waals surface area contributed by atoms with Gasteiger partial charge in [-0.05, 0) is 44.9 Å². The molecule has 2 aliphatic rings. The summed E-state index contributed by atoms with van der Waals surface area (Å²) in [4.78, 5) is 38.4. The number of piperidine rings is 1. The van der Waals surface area contributed by atoms with Gasteiger partial charge < -0.3 is 20.3 Å². The summed E-state index contributed by atoms with van der Waals surface area (Å²) in [5.74, 6) is -0.828. The molecule has 0 spiro atoms. The number of rotatable bonds is 6. The fourth-order valence-corrected chi connectivity index (χ4v) is 5.64. The Kier molecular flexibility index (Phi) is 7.47. The fourth-order valence-electron chi connectivity index (χ4n) is 3.45. The Morgan fingerprint density at radius 3 is 2.68 bits per heavy atom. The third kappa shape index (κ3) is 5.91. The van der Waals surface area contributed by atoms with Crippen LogP contribution in [0.5, 0.6) is 0 Å². The number of hydrogen-bond acceptors (Lipinski definition) is 7. The second kappa shape index (κ2) is 9.90. The summed E-state index contributed by atoms with van der Waals surface area (Å²) in [5, 5.41) is 5.34. The van der Waals surface area contributed by atoms with Crippen LogP contribution in [0.15, 0.2) is 28.0 Å². The Labute approximate surface area is 186 Å². The minimum atomic E-state index is -3.68. The molecule has 0 radical (unpaired) electrons. The van der Waals surface area contributed by atoms with Gasteiger partial charge in [0.05, 0.1) is 28.2 Å². The van der Waals surface area contributed by atoms with Gasteiger partial charge in [0.25, 0.3) is 0 Å². The fraction of sp³-hybridized carbons (Fsp3) is 0.550. The molecule has 3 rings (SSSR count). The van der Waals surface area contributed by atoms with Crippen molar-refractivity contribution in [3.05, 3.63) is 18.2 Å². The monoisotopic (exact) mass is 469 g/mol. The third-order valence-corrected chi connectivity index (χ3v) is 8.12. The van der Waals surface area contributed by atoms with Crippen LogP contribution >= 0.6 is 11.8 Å². The lowest BCUT2D eigenvalue weighted by Gasteiger charge is -2.31. The summed E-state index contributed by atoms with van der Waals surface area (Å²) < 4.78 is 30.3. The van der Waals surface area contributed by atoms with Crippen LogP contribution in [0, 0.1) is 0 Å². The van der Waals surface area contributed by atoms with Gasteiger partial charge in [0.2, 0.25) is 11.8 Å². The zero-order chi connectivity index (χ0) is 22.6. The number of thioether (sulfide) groups is 1. The van der Waals surface area contributed by atoms with Crippen LogP contribution in [0.4, 0.5) is 10.5 Å². The second-order valence-corrected chi connectivity index (χ2v) is 11.0. The quantitative estimate of drug-likeness (QED) is 0.654. The van der Waals surface area contributed by atoms with E-state index in [1.54, 1.807) is 24.8 Å². The van der Waals surface area contributed by atoms with Crippen molar-refractivity contribution in [1.82, 2.24) is 10.2 Å². The molecular weight excluding hydrogens is 442 g/mol. The molecule has 1 atom stereocenters. The predicted molar refractivity (Wildman–Crippen MR) is 117 cm³/mol. The number of sulfone groups is 1. The predicted octanol–water partition coefficient (Wildman–Crippen LogP) is 2.02. The Hall–Kier alpha value is -2.27. The van der Waals surface area contributed by atoms with E-state index in [9.17, 15) is 22.8 Å². The molecule has 0 saturated carbocycles. The molecule has 1 aromatic rings. The second-order valence-electron chi connectivity index (χ2n) is 7.50. The van der Waals surface area contributed by atoms with Crippen molar-refractivity contribution in [2.45, 2.75) is 54.2 Å². The Morgan fingerprint density at radius 2 is 2.00 bits per heavy atom. The zero-order valence-electron chi connectivity index (χ0n) is 17.5. The van der Waals surface area contributed by atoms with Crippen molar-refractivity contribution in [3.63, 3.8) is 0 Å². The van der Waals surface area contributed by atoms with Crippen LogP contribution in [-0.2, 0) is 24.2 Å². The van der Waals surface area contributed by atoms with Crippen molar-refractivity contribution in [2.75, 3.05) is 30.8 Å². The van der Waals surface area contributed by atoms with E-state index in [-0.39, 0.29) is 46.3 Å². The maximum atomic E-state index is 12.7. The molecule has 3 amide bonds. The van der Waals surface area contributed by atoms with Crippen molar-refractivity contribution in [2.24, 2.45) is 0 Å². The van der Waals surface area contributed by atoms with Gasteiger partial charge in [0.1, 0.15) is 0 Å². The summed E-state index contributed by atoms with van der Waals surface area (Å²) in [6, 6.07) is 4.54. The van der Waals surface area contributed by atoms with Crippen LogP contribution in [0.1, 0.15) is 33.1 Å². The van der Waals surface area contributed by atoms with E-state index in [0.717, 1.165) is 4.90 Å². The molecule has 0 bridgehead atoms. The molecule has 170 valence electrons. The number of nitrogens with zero attached hydrogens (tertiary/aromatic N) is 1. The normalized spacial score (nSPS) is 19.4. The number of nitrogens with one attached hydrogen (secondary N) is 2. The minimum Gasteiger partial charge on any atom is -0.450 e. The van der Waals surface area contributed by atoms with Crippen LogP contribution in [0.2, 0.25) is 0 Å². The van der Waals surface area contributed by atoms with E-state index < -0.39 is 9.84 Å². The van der Waals surface area contributed by atoms with Crippen molar-refractivity contribution < 1.29 is 27.5 Å². The van der Waals surface area contributed by atoms with E-state index in [0.29, 0.717) is 38.2 Å². The summed E-state index contributed by atoms with van der Waals surface area (Å²) in [5.41, 5.74) is 0.479. The summed E-state index contributed by atoms with van der Waals surface area (Å²) in [6.07, 6.45) is 0.679. The lowest BCUT2D eigenvalue weighted by Crippen LogP contribution is -2.46. The number of hydrogen-bond donors (Lipinski definition) is 2. The summed E-state index contributed by atoms with van der Waals surface area (Å²) in [6.45, 7) is 4.82. The highest BCUT2D eigenvalue weighted by Gasteiger charge is 2.27. The summed E-state index contributed by atoms with van der Waals surface area (Å²) >= 11 is 1.38. The van der Waals surface area contributed by atoms with Gasteiger partial charge in [-0.25, -0.2) is 13.2 Å². The lowest BCUT2D eigenvalue weighted by atomic mass is 10.1. The summed E-state index contributed by atoms with van der Waals surface area (Å²) in [7, 11) is -3.68. The van der Waals surface area contributed by atoms with E-state index in [1.165, 1.54) is 23.9 Å². The van der Waals surface area contributed by atoms with Crippen LogP contribution in [0.25, 0.3) is 0 Å².